The molecule has 0 aliphatic carbocycles. The summed E-state index contributed by atoms with van der Waals surface area (Å²) in [5, 5.41) is 11.1. The lowest BCUT2D eigenvalue weighted by molar-refractivity contribution is 0.673. The Morgan fingerprint density at radius 3 is 2.76 bits per heavy atom. The third-order valence-corrected chi connectivity index (χ3v) is 5.75. The number of hydrogen-bond donors (Lipinski definition) is 1. The first kappa shape index (κ1) is 17.6. The standard InChI is InChI=1S/C21H18N6OS/c1-13-8-10-26-17(13)21(28)27(15-6-4-3-5-7-15)19(25-26)14(2)24-18-16-9-11-29-20(16)23-12-22-18/h3-12,14H,1-2H3,(H,22,23,24). The molecule has 29 heavy (non-hydrogen) atoms. The molecule has 0 bridgehead atoms. The first-order valence-corrected chi connectivity index (χ1v) is 10.1. The molecule has 4 aromatic heterocycles. The largest absolute Gasteiger partial charge is 0.360 e. The van der Waals surface area contributed by atoms with Crippen LogP contribution < -0.4 is 10.9 Å². The minimum absolute atomic E-state index is 0.0966. The van der Waals surface area contributed by atoms with Crippen molar-refractivity contribution in [2.75, 3.05) is 5.32 Å². The van der Waals surface area contributed by atoms with Crippen molar-refractivity contribution in [1.29, 1.82) is 0 Å². The van der Waals surface area contributed by atoms with Gasteiger partial charge in [0.25, 0.3) is 5.56 Å². The number of aromatic nitrogens is 5. The topological polar surface area (TPSA) is 77.1 Å². The SMILES string of the molecule is Cc1ccn2nc(C(C)Nc3ncnc4sccc34)n(-c3ccccc3)c(=O)c12. The van der Waals surface area contributed by atoms with Crippen LogP contribution in [0, 0.1) is 6.92 Å². The van der Waals surface area contributed by atoms with Gasteiger partial charge in [-0.25, -0.2) is 14.5 Å². The average Bonchev–Trinajstić information content (AvgIpc) is 3.36. The predicted molar refractivity (Wildman–Crippen MR) is 115 cm³/mol. The van der Waals surface area contributed by atoms with Crippen molar-refractivity contribution < 1.29 is 0 Å². The van der Waals surface area contributed by atoms with E-state index >= 15 is 0 Å². The minimum Gasteiger partial charge on any atom is -0.360 e. The molecule has 0 aliphatic rings. The van der Waals surface area contributed by atoms with Crippen molar-refractivity contribution in [3.8, 4) is 5.69 Å². The highest BCUT2D eigenvalue weighted by Crippen LogP contribution is 2.27. The molecule has 1 atom stereocenters. The molecule has 144 valence electrons. The Morgan fingerprint density at radius 1 is 1.10 bits per heavy atom. The molecule has 0 spiro atoms. The van der Waals surface area contributed by atoms with E-state index in [1.165, 1.54) is 0 Å². The Morgan fingerprint density at radius 2 is 1.93 bits per heavy atom. The summed E-state index contributed by atoms with van der Waals surface area (Å²) in [7, 11) is 0. The molecule has 0 saturated heterocycles. The summed E-state index contributed by atoms with van der Waals surface area (Å²) in [5.74, 6) is 1.33. The minimum atomic E-state index is -0.270. The van der Waals surface area contributed by atoms with Crippen molar-refractivity contribution in [3.63, 3.8) is 0 Å². The van der Waals surface area contributed by atoms with Crippen molar-refractivity contribution in [2.24, 2.45) is 0 Å². The molecule has 5 rings (SSSR count). The summed E-state index contributed by atoms with van der Waals surface area (Å²) in [6.45, 7) is 3.90. The smallest absolute Gasteiger partial charge is 0.282 e. The maximum atomic E-state index is 13.4. The molecule has 0 aliphatic heterocycles. The second-order valence-electron chi connectivity index (χ2n) is 6.85. The van der Waals surface area contributed by atoms with Crippen LogP contribution in [0.5, 0.6) is 0 Å². The summed E-state index contributed by atoms with van der Waals surface area (Å²) in [6, 6.07) is 13.2. The Bertz CT molecular complexity index is 1390. The zero-order chi connectivity index (χ0) is 20.0. The molecule has 1 N–H and O–H groups in total. The third kappa shape index (κ3) is 2.89. The Kier molecular flexibility index (Phi) is 4.13. The van der Waals surface area contributed by atoms with Crippen molar-refractivity contribution in [1.82, 2.24) is 24.1 Å². The monoisotopic (exact) mass is 402 g/mol. The van der Waals surface area contributed by atoms with Gasteiger partial charge in [-0.2, -0.15) is 5.10 Å². The highest BCUT2D eigenvalue weighted by atomic mass is 32.1. The van der Waals surface area contributed by atoms with E-state index < -0.39 is 0 Å². The fourth-order valence-corrected chi connectivity index (χ4v) is 4.25. The lowest BCUT2D eigenvalue weighted by Crippen LogP contribution is -2.29. The van der Waals surface area contributed by atoms with Crippen LogP contribution in [0.25, 0.3) is 21.4 Å². The summed E-state index contributed by atoms with van der Waals surface area (Å²) in [4.78, 5) is 23.0. The number of nitrogens with zero attached hydrogens (tertiary/aromatic N) is 5. The number of hydrogen-bond acceptors (Lipinski definition) is 6. The van der Waals surface area contributed by atoms with Crippen LogP contribution in [0.4, 0.5) is 5.82 Å². The predicted octanol–water partition coefficient (Wildman–Crippen LogP) is 3.97. The molecule has 0 amide bonds. The highest BCUT2D eigenvalue weighted by Gasteiger charge is 2.20. The highest BCUT2D eigenvalue weighted by molar-refractivity contribution is 7.16. The van der Waals surface area contributed by atoms with Gasteiger partial charge in [0, 0.05) is 6.20 Å². The van der Waals surface area contributed by atoms with E-state index in [0.29, 0.717) is 11.3 Å². The molecule has 0 saturated carbocycles. The van der Waals surface area contributed by atoms with Crippen molar-refractivity contribution in [2.45, 2.75) is 19.9 Å². The van der Waals surface area contributed by atoms with E-state index in [-0.39, 0.29) is 11.6 Å². The van der Waals surface area contributed by atoms with Gasteiger partial charge in [0.1, 0.15) is 22.5 Å². The van der Waals surface area contributed by atoms with Crippen molar-refractivity contribution >= 4 is 32.9 Å². The van der Waals surface area contributed by atoms with Crippen LogP contribution in [0.1, 0.15) is 24.4 Å². The van der Waals surface area contributed by atoms with Crippen LogP contribution in [0.15, 0.2) is 65.2 Å². The number of thiophene rings is 1. The Balaban J connectivity index is 1.69. The van der Waals surface area contributed by atoms with Crippen LogP contribution in [-0.4, -0.2) is 24.1 Å². The molecule has 4 heterocycles. The van der Waals surface area contributed by atoms with Gasteiger partial charge in [0.05, 0.1) is 17.1 Å². The number of anilines is 1. The number of benzene rings is 1. The zero-order valence-corrected chi connectivity index (χ0v) is 16.7. The molecule has 5 aromatic rings. The maximum Gasteiger partial charge on any atom is 0.282 e. The summed E-state index contributed by atoms with van der Waals surface area (Å²) in [6.07, 6.45) is 3.36. The lowest BCUT2D eigenvalue weighted by atomic mass is 10.2. The van der Waals surface area contributed by atoms with Gasteiger partial charge in [-0.15, -0.1) is 11.3 Å². The van der Waals surface area contributed by atoms with Gasteiger partial charge in [0.15, 0.2) is 5.82 Å². The zero-order valence-electron chi connectivity index (χ0n) is 15.9. The molecular formula is C21H18N6OS. The van der Waals surface area contributed by atoms with Gasteiger partial charge in [0.2, 0.25) is 0 Å². The summed E-state index contributed by atoms with van der Waals surface area (Å²) < 4.78 is 3.33. The quantitative estimate of drug-likeness (QED) is 0.492. The maximum absolute atomic E-state index is 13.4. The van der Waals surface area contributed by atoms with Crippen LogP contribution in [0.2, 0.25) is 0 Å². The van der Waals surface area contributed by atoms with Gasteiger partial charge in [-0.05, 0) is 49.1 Å². The summed E-state index contributed by atoms with van der Waals surface area (Å²) >= 11 is 1.57. The van der Waals surface area contributed by atoms with E-state index in [1.54, 1.807) is 26.7 Å². The molecule has 0 fully saturated rings. The van der Waals surface area contributed by atoms with Gasteiger partial charge in [-0.3, -0.25) is 9.36 Å². The number of fused-ring (bicyclic) bond motifs is 2. The van der Waals surface area contributed by atoms with E-state index in [2.05, 4.69) is 15.3 Å². The Hall–Kier alpha value is -3.52. The molecular weight excluding hydrogens is 384 g/mol. The van der Waals surface area contributed by atoms with Gasteiger partial charge in [-0.1, -0.05) is 18.2 Å². The molecule has 1 unspecified atom stereocenters. The molecule has 7 nitrogen and oxygen atoms in total. The molecule has 0 radical (unpaired) electrons. The average molecular weight is 402 g/mol. The van der Waals surface area contributed by atoms with Crippen LogP contribution in [-0.2, 0) is 0 Å². The number of para-hydroxylation sites is 1. The first-order chi connectivity index (χ1) is 14.1. The Labute approximate surface area is 170 Å². The normalized spacial score (nSPS) is 12.5. The number of nitrogens with one attached hydrogen (secondary N) is 1. The first-order valence-electron chi connectivity index (χ1n) is 9.24. The lowest BCUT2D eigenvalue weighted by Gasteiger charge is -2.20. The number of aryl methyl sites for hydroxylation is 1. The van der Waals surface area contributed by atoms with E-state index in [0.717, 1.165) is 27.3 Å². The second kappa shape index (κ2) is 6.82. The van der Waals surface area contributed by atoms with E-state index in [1.807, 2.05) is 67.9 Å². The van der Waals surface area contributed by atoms with Crippen LogP contribution >= 0.6 is 11.3 Å². The van der Waals surface area contributed by atoms with Gasteiger partial charge < -0.3 is 5.32 Å². The fraction of sp³-hybridized carbons (Fsp3) is 0.143. The summed E-state index contributed by atoms with van der Waals surface area (Å²) in [5.41, 5.74) is 2.16. The molecule has 8 heteroatoms. The van der Waals surface area contributed by atoms with E-state index in [4.69, 9.17) is 5.10 Å². The molecule has 1 aromatic carbocycles. The number of rotatable bonds is 4. The van der Waals surface area contributed by atoms with Crippen LogP contribution in [0.3, 0.4) is 0 Å². The fourth-order valence-electron chi connectivity index (χ4n) is 3.51. The third-order valence-electron chi connectivity index (χ3n) is 4.93. The van der Waals surface area contributed by atoms with E-state index in [9.17, 15) is 4.79 Å². The van der Waals surface area contributed by atoms with Gasteiger partial charge >= 0.3 is 0 Å². The second-order valence-corrected chi connectivity index (χ2v) is 7.75. The van der Waals surface area contributed by atoms with Crippen molar-refractivity contribution in [3.05, 3.63) is 82.1 Å².